The summed E-state index contributed by atoms with van der Waals surface area (Å²) in [5.41, 5.74) is -1.86. The summed E-state index contributed by atoms with van der Waals surface area (Å²) in [6, 6.07) is 10.2. The second-order valence-corrected chi connectivity index (χ2v) is 9.23. The molecule has 0 aliphatic carbocycles. The van der Waals surface area contributed by atoms with Crippen LogP contribution in [0.3, 0.4) is 0 Å². The molecular weight excluding hydrogens is 595 g/mol. The molecule has 2 aromatic carbocycles. The van der Waals surface area contributed by atoms with Gasteiger partial charge in [0.05, 0.1) is 39.7 Å². The highest BCUT2D eigenvalue weighted by molar-refractivity contribution is 7.80. The maximum atomic E-state index is 13.6. The van der Waals surface area contributed by atoms with Crippen molar-refractivity contribution in [2.75, 3.05) is 39.4 Å². The lowest BCUT2D eigenvalue weighted by Gasteiger charge is -2.36. The molecule has 11 nitrogen and oxygen atoms in total. The third-order valence-corrected chi connectivity index (χ3v) is 6.26. The Kier molecular flexibility index (Phi) is 10.8. The van der Waals surface area contributed by atoms with E-state index in [4.69, 9.17) is 35.9 Å². The van der Waals surface area contributed by atoms with Gasteiger partial charge in [-0.25, -0.2) is 9.59 Å². The second kappa shape index (κ2) is 14.1. The van der Waals surface area contributed by atoms with E-state index in [0.717, 1.165) is 11.0 Å². The molecule has 3 rings (SSSR count). The Balaban J connectivity index is 1.94. The molecule has 0 spiro atoms. The molecule has 1 aliphatic heterocycles. The van der Waals surface area contributed by atoms with Crippen molar-refractivity contribution in [3.05, 3.63) is 59.8 Å². The van der Waals surface area contributed by atoms with Crippen LogP contribution in [0.15, 0.2) is 54.2 Å². The number of rotatable bonds is 12. The lowest BCUT2D eigenvalue weighted by Crippen LogP contribution is -2.63. The number of carbonyl (C=O) groups is 3. The first-order valence-corrected chi connectivity index (χ1v) is 13.3. The number of nitrogens with zero attached hydrogens (tertiary/aromatic N) is 1. The molecule has 0 radical (unpaired) electrons. The fraction of sp³-hybridized carbons (Fsp3) is 0.357. The molecule has 0 saturated heterocycles. The van der Waals surface area contributed by atoms with Gasteiger partial charge >= 0.3 is 18.1 Å². The summed E-state index contributed by atoms with van der Waals surface area (Å²) in [5.74, 6) is -2.12. The molecule has 0 saturated carbocycles. The molecule has 0 atom stereocenters. The van der Waals surface area contributed by atoms with Gasteiger partial charge in [0.2, 0.25) is 5.91 Å². The van der Waals surface area contributed by atoms with E-state index in [1.807, 2.05) is 0 Å². The Morgan fingerprint density at radius 1 is 0.930 bits per heavy atom. The van der Waals surface area contributed by atoms with E-state index in [2.05, 4.69) is 10.6 Å². The number of benzene rings is 2. The molecule has 0 bridgehead atoms. The minimum absolute atomic E-state index is 0.0286. The molecule has 1 amide bonds. The average molecular weight is 626 g/mol. The number of anilines is 1. The van der Waals surface area contributed by atoms with Crippen LogP contribution in [0.25, 0.3) is 0 Å². The van der Waals surface area contributed by atoms with Gasteiger partial charge < -0.3 is 39.2 Å². The van der Waals surface area contributed by atoms with E-state index >= 15 is 0 Å². The standard InChI is InChI=1S/C28H30F3N3O8S/c1-5-40-24(36)28(25(37)41-6-2)22(14-23(35)34(28)15-17-7-10-20(38-3)13-21(17)39-4)33-26(43)32-18-8-11-19(12-9-18)42-16-27(29,30)31/h7-14H,5-6,15-16H2,1-4H3,(H2,32,33,43). The summed E-state index contributed by atoms with van der Waals surface area (Å²) < 4.78 is 63.2. The minimum Gasteiger partial charge on any atom is -0.497 e. The van der Waals surface area contributed by atoms with Crippen LogP contribution in [0.2, 0.25) is 0 Å². The highest BCUT2D eigenvalue weighted by Gasteiger charge is 2.62. The van der Waals surface area contributed by atoms with E-state index in [0.29, 0.717) is 22.7 Å². The molecular formula is C28H30F3N3O8S. The number of esters is 2. The lowest BCUT2D eigenvalue weighted by molar-refractivity contribution is -0.174. The van der Waals surface area contributed by atoms with Crippen molar-refractivity contribution in [2.45, 2.75) is 32.1 Å². The smallest absolute Gasteiger partial charge is 0.422 e. The Morgan fingerprint density at radius 2 is 1.53 bits per heavy atom. The summed E-state index contributed by atoms with van der Waals surface area (Å²) in [5, 5.41) is 5.38. The topological polar surface area (TPSA) is 125 Å². The second-order valence-electron chi connectivity index (χ2n) is 8.82. The van der Waals surface area contributed by atoms with Gasteiger partial charge in [0.25, 0.3) is 5.54 Å². The first kappa shape index (κ1) is 33.0. The van der Waals surface area contributed by atoms with Crippen molar-refractivity contribution in [2.24, 2.45) is 0 Å². The molecule has 2 aromatic rings. The predicted molar refractivity (Wildman–Crippen MR) is 152 cm³/mol. The summed E-state index contributed by atoms with van der Waals surface area (Å²) in [6.07, 6.45) is -3.46. The van der Waals surface area contributed by atoms with Crippen molar-refractivity contribution in [1.29, 1.82) is 0 Å². The zero-order chi connectivity index (χ0) is 31.8. The Morgan fingerprint density at radius 3 is 2.07 bits per heavy atom. The molecule has 15 heteroatoms. The fourth-order valence-electron chi connectivity index (χ4n) is 4.17. The van der Waals surface area contributed by atoms with Crippen molar-refractivity contribution in [1.82, 2.24) is 10.2 Å². The van der Waals surface area contributed by atoms with Crippen LogP contribution < -0.4 is 24.8 Å². The number of ether oxygens (including phenoxy) is 5. The van der Waals surface area contributed by atoms with Crippen LogP contribution in [-0.2, 0) is 30.4 Å². The molecule has 0 unspecified atom stereocenters. The van der Waals surface area contributed by atoms with E-state index in [9.17, 15) is 27.6 Å². The van der Waals surface area contributed by atoms with Gasteiger partial charge in [0.15, 0.2) is 11.7 Å². The molecule has 1 heterocycles. The molecule has 0 aromatic heterocycles. The summed E-state index contributed by atoms with van der Waals surface area (Å²) in [6.45, 7) is 1.11. The van der Waals surface area contributed by atoms with Gasteiger partial charge in [0, 0.05) is 23.4 Å². The number of amides is 1. The number of hydrogen-bond acceptors (Lipinski definition) is 9. The third kappa shape index (κ3) is 7.66. The van der Waals surface area contributed by atoms with Crippen LogP contribution in [0.1, 0.15) is 19.4 Å². The highest BCUT2D eigenvalue weighted by atomic mass is 32.1. The van der Waals surface area contributed by atoms with Gasteiger partial charge in [-0.1, -0.05) is 0 Å². The third-order valence-electron chi connectivity index (χ3n) is 6.06. The quantitative estimate of drug-likeness (QED) is 0.204. The Labute approximate surface area is 250 Å². The van der Waals surface area contributed by atoms with Crippen LogP contribution in [0.4, 0.5) is 18.9 Å². The number of nitrogens with one attached hydrogen (secondary N) is 2. The number of thiocarbonyl (C=S) groups is 1. The number of carbonyl (C=O) groups excluding carboxylic acids is 3. The van der Waals surface area contributed by atoms with Crippen LogP contribution in [0, 0.1) is 0 Å². The van der Waals surface area contributed by atoms with Gasteiger partial charge in [0.1, 0.15) is 17.2 Å². The van der Waals surface area contributed by atoms with Crippen molar-refractivity contribution in [3.63, 3.8) is 0 Å². The Bertz CT molecular complexity index is 1360. The van der Waals surface area contributed by atoms with Crippen molar-refractivity contribution in [3.8, 4) is 17.2 Å². The van der Waals surface area contributed by atoms with Crippen LogP contribution in [-0.4, -0.2) is 73.6 Å². The van der Waals surface area contributed by atoms with Crippen molar-refractivity contribution >= 4 is 40.9 Å². The summed E-state index contributed by atoms with van der Waals surface area (Å²) >= 11 is 5.37. The van der Waals surface area contributed by atoms with E-state index in [1.54, 1.807) is 18.2 Å². The maximum Gasteiger partial charge on any atom is 0.422 e. The zero-order valence-corrected chi connectivity index (χ0v) is 24.5. The first-order valence-electron chi connectivity index (χ1n) is 12.9. The van der Waals surface area contributed by atoms with Crippen LogP contribution >= 0.6 is 12.2 Å². The average Bonchev–Trinajstić information content (AvgIpc) is 3.23. The first-order chi connectivity index (χ1) is 20.4. The van der Waals surface area contributed by atoms with Crippen molar-refractivity contribution < 1.29 is 51.2 Å². The summed E-state index contributed by atoms with van der Waals surface area (Å²) in [4.78, 5) is 41.6. The fourth-order valence-corrected chi connectivity index (χ4v) is 4.40. The van der Waals surface area contributed by atoms with Gasteiger partial charge in [-0.2, -0.15) is 13.2 Å². The molecule has 232 valence electrons. The number of hydrogen-bond donors (Lipinski definition) is 2. The van der Waals surface area contributed by atoms with E-state index in [-0.39, 0.29) is 36.3 Å². The number of halogens is 3. The molecule has 43 heavy (non-hydrogen) atoms. The predicted octanol–water partition coefficient (Wildman–Crippen LogP) is 3.72. The molecule has 2 N–H and O–H groups in total. The van der Waals surface area contributed by atoms with E-state index in [1.165, 1.54) is 52.3 Å². The highest BCUT2D eigenvalue weighted by Crippen LogP contribution is 2.37. The monoisotopic (exact) mass is 625 g/mol. The number of methoxy groups -OCH3 is 2. The normalized spacial score (nSPS) is 14.0. The minimum atomic E-state index is -4.49. The zero-order valence-electron chi connectivity index (χ0n) is 23.7. The maximum absolute atomic E-state index is 13.6. The SMILES string of the molecule is CCOC(=O)C1(C(=O)OCC)C(NC(=S)Nc2ccc(OCC(F)(F)F)cc2)=CC(=O)N1Cc1ccc(OC)cc1OC. The van der Waals surface area contributed by atoms with Gasteiger partial charge in [-0.3, -0.25) is 4.79 Å². The van der Waals surface area contributed by atoms with Gasteiger partial charge in [-0.15, -0.1) is 0 Å². The van der Waals surface area contributed by atoms with E-state index < -0.39 is 36.2 Å². The largest absolute Gasteiger partial charge is 0.497 e. The van der Waals surface area contributed by atoms with Gasteiger partial charge in [-0.05, 0) is 62.5 Å². The Hall–Kier alpha value is -4.53. The lowest BCUT2D eigenvalue weighted by atomic mass is 9.94. The van der Waals surface area contributed by atoms with Crippen LogP contribution in [0.5, 0.6) is 17.2 Å². The number of alkyl halides is 3. The molecule has 0 fully saturated rings. The summed E-state index contributed by atoms with van der Waals surface area (Å²) in [7, 11) is 2.89. The molecule has 1 aliphatic rings.